The fourth-order valence-electron chi connectivity index (χ4n) is 2.54. The molecule has 1 heterocycles. The first-order chi connectivity index (χ1) is 12.6. The van der Waals surface area contributed by atoms with Crippen LogP contribution in [-0.4, -0.2) is 29.1 Å². The molecule has 134 valence electrons. The summed E-state index contributed by atoms with van der Waals surface area (Å²) in [7, 11) is 0. The molecule has 1 saturated heterocycles. The first-order valence-electron chi connectivity index (χ1n) is 8.40. The Hall–Kier alpha value is -2.60. The second-order valence-corrected chi connectivity index (χ2v) is 6.49. The van der Waals surface area contributed by atoms with Crippen LogP contribution in [0.15, 0.2) is 58.4 Å². The predicted octanol–water partition coefficient (Wildman–Crippen LogP) is 4.85. The number of rotatable bonds is 5. The van der Waals surface area contributed by atoms with E-state index < -0.39 is 5.82 Å². The average molecular weight is 370 g/mol. The third kappa shape index (κ3) is 3.80. The van der Waals surface area contributed by atoms with Crippen molar-refractivity contribution in [2.45, 2.75) is 13.8 Å². The van der Waals surface area contributed by atoms with Crippen LogP contribution in [0.1, 0.15) is 19.4 Å². The zero-order valence-corrected chi connectivity index (χ0v) is 15.4. The smallest absolute Gasteiger partial charge is 0.266 e. The largest absolute Gasteiger partial charge is 0.493 e. The number of ether oxygens (including phenoxy) is 1. The number of halogens is 1. The molecule has 1 aliphatic heterocycles. The summed E-state index contributed by atoms with van der Waals surface area (Å²) in [5.74, 6) is 0.167. The van der Waals surface area contributed by atoms with Crippen LogP contribution in [0.25, 0.3) is 6.08 Å². The predicted molar refractivity (Wildman–Crippen MR) is 104 cm³/mol. The number of amides is 1. The zero-order valence-electron chi connectivity index (χ0n) is 14.6. The van der Waals surface area contributed by atoms with Gasteiger partial charge in [-0.15, -0.1) is 0 Å². The molecule has 0 unspecified atom stereocenters. The van der Waals surface area contributed by atoms with E-state index in [9.17, 15) is 9.18 Å². The summed E-state index contributed by atoms with van der Waals surface area (Å²) in [6.07, 6.45) is 1.80. The Bertz CT molecular complexity index is 880. The molecule has 4 nitrogen and oxygen atoms in total. The lowest BCUT2D eigenvalue weighted by Gasteiger charge is -2.12. The molecule has 2 aromatic carbocycles. The maximum absolute atomic E-state index is 13.9. The van der Waals surface area contributed by atoms with E-state index >= 15 is 0 Å². The van der Waals surface area contributed by atoms with E-state index in [4.69, 9.17) is 4.74 Å². The number of amidine groups is 1. The summed E-state index contributed by atoms with van der Waals surface area (Å²) >= 11 is 1.24. The van der Waals surface area contributed by atoms with Crippen LogP contribution in [-0.2, 0) is 4.79 Å². The maximum Gasteiger partial charge on any atom is 0.266 e. The molecule has 2 aromatic rings. The minimum absolute atomic E-state index is 0.140. The number of aliphatic imine (C=N–C) groups is 1. The van der Waals surface area contributed by atoms with Crippen LogP contribution >= 0.6 is 11.8 Å². The number of hydrogen-bond acceptors (Lipinski definition) is 4. The van der Waals surface area contributed by atoms with Gasteiger partial charge in [-0.05, 0) is 49.9 Å². The van der Waals surface area contributed by atoms with Crippen molar-refractivity contribution in [2.24, 2.45) is 4.99 Å². The highest BCUT2D eigenvalue weighted by atomic mass is 32.2. The number of carbonyl (C=O) groups excluding carboxylic acids is 1. The van der Waals surface area contributed by atoms with Gasteiger partial charge in [0.15, 0.2) is 5.17 Å². The van der Waals surface area contributed by atoms with Crippen LogP contribution < -0.4 is 4.74 Å². The van der Waals surface area contributed by atoms with E-state index in [1.54, 1.807) is 29.2 Å². The lowest BCUT2D eigenvalue weighted by atomic mass is 10.2. The molecule has 0 aromatic heterocycles. The summed E-state index contributed by atoms with van der Waals surface area (Å²) in [6, 6.07) is 13.8. The van der Waals surface area contributed by atoms with Gasteiger partial charge in [-0.1, -0.05) is 30.3 Å². The Kier molecular flexibility index (Phi) is 5.73. The van der Waals surface area contributed by atoms with Gasteiger partial charge in [0, 0.05) is 12.1 Å². The van der Waals surface area contributed by atoms with E-state index in [-0.39, 0.29) is 11.6 Å². The Labute approximate surface area is 156 Å². The minimum Gasteiger partial charge on any atom is -0.493 e. The highest BCUT2D eigenvalue weighted by Crippen LogP contribution is 2.35. The Balaban J connectivity index is 1.96. The summed E-state index contributed by atoms with van der Waals surface area (Å²) < 4.78 is 19.5. The second-order valence-electron chi connectivity index (χ2n) is 5.48. The number of hydrogen-bond donors (Lipinski definition) is 0. The van der Waals surface area contributed by atoms with Gasteiger partial charge in [0.25, 0.3) is 5.91 Å². The van der Waals surface area contributed by atoms with Crippen molar-refractivity contribution >= 4 is 34.6 Å². The fraction of sp³-hybridized carbons (Fsp3) is 0.200. The highest BCUT2D eigenvalue weighted by molar-refractivity contribution is 8.18. The van der Waals surface area contributed by atoms with E-state index in [1.807, 2.05) is 38.1 Å². The number of nitrogens with zero attached hydrogens (tertiary/aromatic N) is 2. The number of likely N-dealkylation sites (N-methyl/N-ethyl adjacent to an activating group) is 1. The zero-order chi connectivity index (χ0) is 18.5. The van der Waals surface area contributed by atoms with Crippen molar-refractivity contribution < 1.29 is 13.9 Å². The Morgan fingerprint density at radius 3 is 2.62 bits per heavy atom. The van der Waals surface area contributed by atoms with Crippen LogP contribution in [0.4, 0.5) is 10.1 Å². The van der Waals surface area contributed by atoms with Crippen LogP contribution in [0.2, 0.25) is 0 Å². The van der Waals surface area contributed by atoms with Crippen molar-refractivity contribution in [1.82, 2.24) is 4.90 Å². The molecule has 1 aliphatic rings. The van der Waals surface area contributed by atoms with Gasteiger partial charge in [0.1, 0.15) is 17.3 Å². The lowest BCUT2D eigenvalue weighted by molar-refractivity contribution is -0.122. The monoisotopic (exact) mass is 370 g/mol. The average Bonchev–Trinajstić information content (AvgIpc) is 2.93. The molecule has 0 saturated carbocycles. The Morgan fingerprint density at radius 2 is 1.88 bits per heavy atom. The molecule has 6 heteroatoms. The van der Waals surface area contributed by atoms with Gasteiger partial charge in [-0.2, -0.15) is 0 Å². The van der Waals surface area contributed by atoms with Crippen molar-refractivity contribution in [3.8, 4) is 5.75 Å². The van der Waals surface area contributed by atoms with Gasteiger partial charge in [-0.3, -0.25) is 9.69 Å². The Morgan fingerprint density at radius 1 is 1.15 bits per heavy atom. The summed E-state index contributed by atoms with van der Waals surface area (Å²) in [6.45, 7) is 4.79. The van der Waals surface area contributed by atoms with E-state index in [2.05, 4.69) is 4.99 Å². The molecule has 0 radical (unpaired) electrons. The SMILES string of the molecule is CCOc1ccccc1/C=C1/SC(=Nc2ccccc2F)N(CC)C1=O. The topological polar surface area (TPSA) is 41.9 Å². The number of carbonyl (C=O) groups is 1. The van der Waals surface area contributed by atoms with E-state index in [0.717, 1.165) is 11.3 Å². The maximum atomic E-state index is 13.9. The molecule has 26 heavy (non-hydrogen) atoms. The van der Waals surface area contributed by atoms with Gasteiger partial charge >= 0.3 is 0 Å². The van der Waals surface area contributed by atoms with Crippen LogP contribution in [0.3, 0.4) is 0 Å². The van der Waals surface area contributed by atoms with Gasteiger partial charge < -0.3 is 4.74 Å². The summed E-state index contributed by atoms with van der Waals surface area (Å²) in [5, 5.41) is 0.475. The van der Waals surface area contributed by atoms with Gasteiger partial charge in [0.05, 0.1) is 11.5 Å². The summed E-state index contributed by atoms with van der Waals surface area (Å²) in [4.78, 5) is 19.1. The molecule has 0 atom stereocenters. The molecular weight excluding hydrogens is 351 g/mol. The fourth-order valence-corrected chi connectivity index (χ4v) is 3.59. The molecule has 3 rings (SSSR count). The molecular formula is C20H19FN2O2S. The molecule has 0 spiro atoms. The van der Waals surface area contributed by atoms with Crippen molar-refractivity contribution in [2.75, 3.05) is 13.2 Å². The van der Waals surface area contributed by atoms with Crippen molar-refractivity contribution in [1.29, 1.82) is 0 Å². The lowest BCUT2D eigenvalue weighted by Crippen LogP contribution is -2.28. The summed E-state index contributed by atoms with van der Waals surface area (Å²) in [5.41, 5.74) is 1.05. The van der Waals surface area contributed by atoms with Crippen LogP contribution in [0.5, 0.6) is 5.75 Å². The van der Waals surface area contributed by atoms with Gasteiger partial charge in [0.2, 0.25) is 0 Å². The number of para-hydroxylation sites is 2. The first kappa shape index (κ1) is 18.2. The van der Waals surface area contributed by atoms with Gasteiger partial charge in [-0.25, -0.2) is 9.38 Å². The quantitative estimate of drug-likeness (QED) is 0.707. The normalized spacial score (nSPS) is 17.3. The number of benzene rings is 2. The van der Waals surface area contributed by atoms with E-state index in [0.29, 0.717) is 23.2 Å². The molecule has 0 aliphatic carbocycles. The van der Waals surface area contributed by atoms with Crippen molar-refractivity contribution in [3.63, 3.8) is 0 Å². The highest BCUT2D eigenvalue weighted by Gasteiger charge is 2.32. The third-order valence-corrected chi connectivity index (χ3v) is 4.78. The molecule has 0 N–H and O–H groups in total. The number of thioether (sulfide) groups is 1. The molecule has 1 amide bonds. The molecule has 0 bridgehead atoms. The molecule has 1 fully saturated rings. The second kappa shape index (κ2) is 8.19. The van der Waals surface area contributed by atoms with Crippen molar-refractivity contribution in [3.05, 3.63) is 64.8 Å². The standard InChI is InChI=1S/C20H19FN2O2S/c1-3-23-19(24)18(13-14-9-5-8-12-17(14)25-4-2)26-20(23)22-16-11-7-6-10-15(16)21/h5-13H,3-4H2,1-2H3/b18-13+,22-20?. The first-order valence-corrected chi connectivity index (χ1v) is 9.22. The third-order valence-electron chi connectivity index (χ3n) is 3.78. The van der Waals surface area contributed by atoms with Crippen LogP contribution in [0, 0.1) is 5.82 Å². The van der Waals surface area contributed by atoms with E-state index in [1.165, 1.54) is 17.8 Å². The minimum atomic E-state index is -0.414.